The second-order valence-electron chi connectivity index (χ2n) is 18.6. The Labute approximate surface area is 535 Å². The number of rotatable bonds is 28. The second-order valence-corrected chi connectivity index (χ2v) is 31.8. The lowest BCUT2D eigenvalue weighted by molar-refractivity contribution is -0.145. The predicted octanol–water partition coefficient (Wildman–Crippen LogP) is 20.9. The molecule has 8 rings (SSSR count). The van der Waals surface area contributed by atoms with Gasteiger partial charge >= 0.3 is 11.9 Å². The van der Waals surface area contributed by atoms with E-state index >= 15 is 0 Å². The van der Waals surface area contributed by atoms with E-state index in [2.05, 4.69) is 188 Å². The van der Waals surface area contributed by atoms with Crippen molar-refractivity contribution in [2.24, 2.45) is 0 Å². The number of ether oxygens (including phenoxy) is 4. The standard InChI is InChI=1S/C65H56Br4O6S6/c1-5-59(70)74-47(41-64(76-49-25-13-7-14-26-49,77-50-27-15-8-16-28-50)78-51-29-17-9-18-30-51)43-72-61-55(66)37-45(38-56(61)67)63(3,4)46-39-57(68)62(58(69)40-46)73-44-48(75-60(71)6-2)42-65(79-52-31-19-10-20-32-52,80-53-33-21-11-22-34-53)81-54-35-23-12-24-36-54/h5-40,47-48H,1-2,41-44H2,3-4H3. The lowest BCUT2D eigenvalue weighted by Crippen LogP contribution is -2.32. The molecule has 0 amide bonds. The molecule has 2 unspecified atom stereocenters. The van der Waals surface area contributed by atoms with Crippen LogP contribution in [-0.2, 0) is 24.5 Å². The summed E-state index contributed by atoms with van der Waals surface area (Å²) in [6, 6.07) is 70.0. The molecule has 0 aliphatic carbocycles. The van der Waals surface area contributed by atoms with E-state index in [9.17, 15) is 9.59 Å². The molecule has 0 aliphatic heterocycles. The van der Waals surface area contributed by atoms with Crippen molar-refractivity contribution >= 4 is 146 Å². The van der Waals surface area contributed by atoms with Crippen LogP contribution in [0.5, 0.6) is 11.5 Å². The maximum Gasteiger partial charge on any atom is 0.330 e. The van der Waals surface area contributed by atoms with E-state index in [0.29, 0.717) is 42.2 Å². The average Bonchev–Trinajstić information content (AvgIpc) is 3.51. The largest absolute Gasteiger partial charge is 0.487 e. The molecule has 0 heterocycles. The molecule has 0 N–H and O–H groups in total. The lowest BCUT2D eigenvalue weighted by atomic mass is 9.78. The van der Waals surface area contributed by atoms with Gasteiger partial charge in [-0.15, -0.1) is 0 Å². The van der Waals surface area contributed by atoms with Gasteiger partial charge in [0.05, 0.1) is 17.9 Å². The average molecular weight is 1450 g/mol. The molecule has 0 aromatic heterocycles. The van der Waals surface area contributed by atoms with E-state index in [-0.39, 0.29) is 13.2 Å². The van der Waals surface area contributed by atoms with Gasteiger partial charge in [0.2, 0.25) is 0 Å². The maximum absolute atomic E-state index is 13.1. The Hall–Kier alpha value is -4.20. The molecule has 0 bridgehead atoms. The van der Waals surface area contributed by atoms with Crippen molar-refractivity contribution in [3.05, 3.63) is 261 Å². The summed E-state index contributed by atoms with van der Waals surface area (Å²) in [6.45, 7) is 11.9. The number of carbonyl (C=O) groups is 2. The molecule has 16 heteroatoms. The number of benzene rings is 8. The first-order valence-electron chi connectivity index (χ1n) is 25.5. The van der Waals surface area contributed by atoms with Crippen LogP contribution in [0, 0.1) is 0 Å². The van der Waals surface area contributed by atoms with Gasteiger partial charge in [0.1, 0.15) is 43.7 Å². The van der Waals surface area contributed by atoms with E-state index in [1.54, 1.807) is 70.6 Å². The van der Waals surface area contributed by atoms with Crippen LogP contribution in [0.2, 0.25) is 0 Å². The van der Waals surface area contributed by atoms with Crippen LogP contribution in [0.3, 0.4) is 0 Å². The van der Waals surface area contributed by atoms with Gasteiger partial charge < -0.3 is 18.9 Å². The summed E-state index contributed by atoms with van der Waals surface area (Å²) in [5, 5.41) is 0. The molecule has 6 nitrogen and oxygen atoms in total. The van der Waals surface area contributed by atoms with Crippen molar-refractivity contribution in [3.8, 4) is 11.5 Å². The number of thioether (sulfide) groups is 6. The van der Waals surface area contributed by atoms with Crippen LogP contribution in [-0.4, -0.2) is 44.2 Å². The second kappa shape index (κ2) is 30.6. The summed E-state index contributed by atoms with van der Waals surface area (Å²) >= 11 is 25.8. The van der Waals surface area contributed by atoms with Crippen LogP contribution < -0.4 is 9.47 Å². The minimum Gasteiger partial charge on any atom is -0.487 e. The fourth-order valence-corrected chi connectivity index (χ4v) is 21.1. The molecule has 8 aromatic carbocycles. The number of hydrogen-bond donors (Lipinski definition) is 0. The Kier molecular flexibility index (Phi) is 23.7. The zero-order chi connectivity index (χ0) is 57.2. The van der Waals surface area contributed by atoms with Crippen LogP contribution in [0.4, 0.5) is 0 Å². The van der Waals surface area contributed by atoms with Crippen molar-refractivity contribution in [3.63, 3.8) is 0 Å². The van der Waals surface area contributed by atoms with Gasteiger partial charge in [0.25, 0.3) is 0 Å². The van der Waals surface area contributed by atoms with Crippen LogP contribution in [0.25, 0.3) is 0 Å². The Bertz CT molecular complexity index is 2880. The molecule has 0 fully saturated rings. The van der Waals surface area contributed by atoms with Crippen molar-refractivity contribution in [2.75, 3.05) is 13.2 Å². The third-order valence-corrected chi connectivity index (χ3v) is 23.5. The van der Waals surface area contributed by atoms with Gasteiger partial charge in [-0.3, -0.25) is 0 Å². The van der Waals surface area contributed by atoms with Crippen LogP contribution in [0.15, 0.2) is 279 Å². The highest BCUT2D eigenvalue weighted by Gasteiger charge is 2.41. The first kappa shape index (κ1) is 62.8. The third kappa shape index (κ3) is 18.4. The van der Waals surface area contributed by atoms with Gasteiger partial charge in [-0.2, -0.15) is 0 Å². The number of hydrogen-bond acceptors (Lipinski definition) is 12. The van der Waals surface area contributed by atoms with E-state index in [0.717, 1.165) is 40.5 Å². The molecular weight excluding hydrogens is 1390 g/mol. The van der Waals surface area contributed by atoms with E-state index in [1.807, 2.05) is 109 Å². The molecule has 81 heavy (non-hydrogen) atoms. The van der Waals surface area contributed by atoms with Gasteiger partial charge in [-0.1, -0.05) is 207 Å². The van der Waals surface area contributed by atoms with Gasteiger partial charge in [0, 0.05) is 59.8 Å². The van der Waals surface area contributed by atoms with Gasteiger partial charge in [0.15, 0.2) is 0 Å². The molecule has 0 aliphatic rings. The monoisotopic (exact) mass is 1440 g/mol. The molecule has 2 atom stereocenters. The molecule has 0 saturated heterocycles. The Morgan fingerprint density at radius 3 is 0.852 bits per heavy atom. The summed E-state index contributed by atoms with van der Waals surface area (Å²) in [6.07, 6.45) is 1.82. The summed E-state index contributed by atoms with van der Waals surface area (Å²) in [5.41, 5.74) is 1.43. The predicted molar refractivity (Wildman–Crippen MR) is 355 cm³/mol. The van der Waals surface area contributed by atoms with E-state index < -0.39 is 36.4 Å². The minimum atomic E-state index is -0.689. The zero-order valence-electron chi connectivity index (χ0n) is 44.1. The van der Waals surface area contributed by atoms with Crippen molar-refractivity contribution in [2.45, 2.75) is 80.5 Å². The quantitative estimate of drug-likeness (QED) is 0.0203. The molecule has 0 spiro atoms. The lowest BCUT2D eigenvalue weighted by Gasteiger charge is -2.35. The molecule has 416 valence electrons. The van der Waals surface area contributed by atoms with Gasteiger partial charge in [-0.25, -0.2) is 9.59 Å². The fourth-order valence-electron chi connectivity index (χ4n) is 8.27. The van der Waals surface area contributed by atoms with Crippen molar-refractivity contribution in [1.82, 2.24) is 0 Å². The fraction of sp³-hybridized carbons (Fsp3) is 0.169. The van der Waals surface area contributed by atoms with E-state index in [1.165, 1.54) is 12.2 Å². The zero-order valence-corrected chi connectivity index (χ0v) is 55.3. The highest BCUT2D eigenvalue weighted by atomic mass is 79.9. The molecular formula is C65H56Br4O6S6. The first-order valence-corrected chi connectivity index (χ1v) is 33.6. The Morgan fingerprint density at radius 1 is 0.420 bits per heavy atom. The summed E-state index contributed by atoms with van der Waals surface area (Å²) in [4.78, 5) is 32.8. The Morgan fingerprint density at radius 2 is 0.642 bits per heavy atom. The highest BCUT2D eigenvalue weighted by molar-refractivity contribution is 9.11. The Balaban J connectivity index is 1.04. The normalized spacial score (nSPS) is 12.4. The summed E-state index contributed by atoms with van der Waals surface area (Å²) in [5.74, 6) is 0.0605. The minimum absolute atomic E-state index is 0.0564. The SMILES string of the molecule is C=CC(=O)OC(COc1c(Br)cc(C(C)(C)c2cc(Br)c(OCC(CC(Sc3ccccc3)(Sc3ccccc3)Sc3ccccc3)OC(=O)C=C)c(Br)c2)cc1Br)CC(Sc1ccccc1)(Sc1ccccc1)Sc1ccccc1. The van der Waals surface area contributed by atoms with Crippen LogP contribution in [0.1, 0.15) is 37.8 Å². The highest BCUT2D eigenvalue weighted by Crippen LogP contribution is 2.60. The maximum atomic E-state index is 13.1. The van der Waals surface area contributed by atoms with Gasteiger partial charge in [-0.05, 0) is 172 Å². The first-order chi connectivity index (χ1) is 39.1. The summed E-state index contributed by atoms with van der Waals surface area (Å²) < 4.78 is 27.3. The van der Waals surface area contributed by atoms with Crippen molar-refractivity contribution in [1.29, 1.82) is 0 Å². The van der Waals surface area contributed by atoms with Crippen LogP contribution >= 0.6 is 134 Å². The molecule has 0 saturated carbocycles. The number of esters is 2. The van der Waals surface area contributed by atoms with E-state index in [4.69, 9.17) is 18.9 Å². The number of halogens is 4. The molecule has 0 radical (unpaired) electrons. The number of carbonyl (C=O) groups excluding carboxylic acids is 2. The molecule has 8 aromatic rings. The smallest absolute Gasteiger partial charge is 0.330 e. The third-order valence-electron chi connectivity index (χ3n) is 12.2. The summed E-state index contributed by atoms with van der Waals surface area (Å²) in [7, 11) is 0. The van der Waals surface area contributed by atoms with Crippen molar-refractivity contribution < 1.29 is 28.5 Å². The topological polar surface area (TPSA) is 71.1 Å².